The minimum atomic E-state index is -3.90. The summed E-state index contributed by atoms with van der Waals surface area (Å²) in [6.45, 7) is 6.13. The molecule has 6 nitrogen and oxygen atoms in total. The van der Waals surface area contributed by atoms with E-state index < -0.39 is 28.3 Å². The van der Waals surface area contributed by atoms with Gasteiger partial charge in [-0.15, -0.1) is 0 Å². The first kappa shape index (κ1) is 19.3. The van der Waals surface area contributed by atoms with Crippen molar-refractivity contribution in [2.75, 3.05) is 6.61 Å². The second-order valence-electron chi connectivity index (χ2n) is 7.24. The van der Waals surface area contributed by atoms with Gasteiger partial charge in [0.15, 0.2) is 0 Å². The van der Waals surface area contributed by atoms with Crippen molar-refractivity contribution in [3.05, 3.63) is 90.2 Å². The standard InChI is InChI=1S/C22H22N2O4S/c1-16-13-17(2)21(23(14-16)29(26,27)19-11-7-4-8-12-19)24-20(15-28-22(24)25)18-9-5-3-6-10-18/h3-12,14,20-21H,2,13,15H2,1H3/t20-,21?/m0/s1. The highest BCUT2D eigenvalue weighted by molar-refractivity contribution is 7.89. The van der Waals surface area contributed by atoms with E-state index in [1.807, 2.05) is 37.3 Å². The SMILES string of the molecule is C=C1CC(C)=CN(S(=O)(=O)c2ccccc2)C1N1C(=O)OC[C@H]1c1ccccc1. The van der Waals surface area contributed by atoms with Gasteiger partial charge < -0.3 is 4.74 Å². The molecule has 0 N–H and O–H groups in total. The van der Waals surface area contributed by atoms with Gasteiger partial charge in [-0.3, -0.25) is 4.90 Å². The van der Waals surface area contributed by atoms with Gasteiger partial charge in [0.05, 0.1) is 10.9 Å². The maximum Gasteiger partial charge on any atom is 0.412 e. The van der Waals surface area contributed by atoms with E-state index >= 15 is 0 Å². The number of benzene rings is 2. The van der Waals surface area contributed by atoms with Crippen LogP contribution in [0.3, 0.4) is 0 Å². The number of carbonyl (C=O) groups is 1. The van der Waals surface area contributed by atoms with E-state index in [-0.39, 0.29) is 11.5 Å². The second-order valence-corrected chi connectivity index (χ2v) is 9.09. The van der Waals surface area contributed by atoms with Crippen LogP contribution >= 0.6 is 0 Å². The lowest BCUT2D eigenvalue weighted by Gasteiger charge is -2.41. The predicted octanol–water partition coefficient (Wildman–Crippen LogP) is 4.06. The van der Waals surface area contributed by atoms with Crippen LogP contribution < -0.4 is 0 Å². The lowest BCUT2D eigenvalue weighted by Crippen LogP contribution is -2.52. The smallest absolute Gasteiger partial charge is 0.412 e. The molecule has 7 heteroatoms. The molecule has 4 rings (SSSR count). The number of carbonyl (C=O) groups excluding carboxylic acids is 1. The van der Waals surface area contributed by atoms with E-state index in [0.29, 0.717) is 12.0 Å². The number of hydrogen-bond donors (Lipinski definition) is 0. The number of cyclic esters (lactones) is 1. The van der Waals surface area contributed by atoms with Crippen LogP contribution in [0.5, 0.6) is 0 Å². The first-order chi connectivity index (χ1) is 13.9. The maximum atomic E-state index is 13.5. The number of allylic oxidation sites excluding steroid dienone is 1. The quantitative estimate of drug-likeness (QED) is 0.713. The molecule has 1 fully saturated rings. The molecule has 2 atom stereocenters. The summed E-state index contributed by atoms with van der Waals surface area (Å²) >= 11 is 0. The Bertz CT molecular complexity index is 1060. The van der Waals surface area contributed by atoms with Crippen LogP contribution in [0.25, 0.3) is 0 Å². The Kier molecular flexibility index (Phi) is 4.92. The highest BCUT2D eigenvalue weighted by Crippen LogP contribution is 2.38. The Balaban J connectivity index is 1.81. The number of rotatable bonds is 4. The molecular weight excluding hydrogens is 388 g/mol. The largest absolute Gasteiger partial charge is 0.447 e. The third kappa shape index (κ3) is 3.42. The third-order valence-electron chi connectivity index (χ3n) is 5.14. The number of ether oxygens (including phenoxy) is 1. The molecule has 0 aliphatic carbocycles. The Labute approximate surface area is 170 Å². The van der Waals surface area contributed by atoms with Crippen LogP contribution in [-0.2, 0) is 14.8 Å². The van der Waals surface area contributed by atoms with Crippen molar-refractivity contribution in [3.63, 3.8) is 0 Å². The van der Waals surface area contributed by atoms with Gasteiger partial charge in [0, 0.05) is 6.20 Å². The third-order valence-corrected chi connectivity index (χ3v) is 6.87. The highest BCUT2D eigenvalue weighted by atomic mass is 32.2. The van der Waals surface area contributed by atoms with Crippen LogP contribution in [0.15, 0.2) is 89.5 Å². The molecule has 2 aromatic rings. The summed E-state index contributed by atoms with van der Waals surface area (Å²) in [6.07, 6.45) is 0.696. The van der Waals surface area contributed by atoms with E-state index in [1.165, 1.54) is 9.21 Å². The van der Waals surface area contributed by atoms with E-state index in [0.717, 1.165) is 11.1 Å². The van der Waals surface area contributed by atoms with Crippen LogP contribution in [0.1, 0.15) is 24.9 Å². The van der Waals surface area contributed by atoms with E-state index in [9.17, 15) is 13.2 Å². The van der Waals surface area contributed by atoms with Gasteiger partial charge in [-0.1, -0.05) is 60.7 Å². The predicted molar refractivity (Wildman–Crippen MR) is 109 cm³/mol. The molecular formula is C22H22N2O4S. The van der Waals surface area contributed by atoms with Gasteiger partial charge in [0.2, 0.25) is 0 Å². The van der Waals surface area contributed by atoms with Crippen LogP contribution in [0.4, 0.5) is 4.79 Å². The van der Waals surface area contributed by atoms with Crippen LogP contribution in [-0.4, -0.2) is 36.5 Å². The molecule has 0 radical (unpaired) electrons. The fourth-order valence-corrected chi connectivity index (χ4v) is 5.41. The lowest BCUT2D eigenvalue weighted by atomic mass is 9.99. The maximum absolute atomic E-state index is 13.5. The first-order valence-electron chi connectivity index (χ1n) is 9.33. The molecule has 2 aromatic carbocycles. The Hall–Kier alpha value is -3.06. The number of nitrogens with zero attached hydrogens (tertiary/aromatic N) is 2. The van der Waals surface area contributed by atoms with Crippen molar-refractivity contribution >= 4 is 16.1 Å². The van der Waals surface area contributed by atoms with E-state index in [1.54, 1.807) is 36.5 Å². The number of amides is 1. The summed E-state index contributed by atoms with van der Waals surface area (Å²) in [6, 6.07) is 17.3. The molecule has 29 heavy (non-hydrogen) atoms. The zero-order valence-electron chi connectivity index (χ0n) is 16.1. The van der Waals surface area contributed by atoms with Crippen molar-refractivity contribution in [1.82, 2.24) is 9.21 Å². The average Bonchev–Trinajstić information content (AvgIpc) is 3.10. The molecule has 2 aliphatic rings. The van der Waals surface area contributed by atoms with Gasteiger partial charge in [-0.2, -0.15) is 0 Å². The molecule has 0 saturated carbocycles. The lowest BCUT2D eigenvalue weighted by molar-refractivity contribution is 0.127. The summed E-state index contributed by atoms with van der Waals surface area (Å²) in [5, 5.41) is 0. The fourth-order valence-electron chi connectivity index (χ4n) is 3.83. The topological polar surface area (TPSA) is 66.9 Å². The zero-order chi connectivity index (χ0) is 20.6. The second kappa shape index (κ2) is 7.40. The number of hydrogen-bond acceptors (Lipinski definition) is 4. The molecule has 0 spiro atoms. The Morgan fingerprint density at radius 2 is 1.66 bits per heavy atom. The monoisotopic (exact) mass is 410 g/mol. The molecule has 2 aliphatic heterocycles. The minimum absolute atomic E-state index is 0.160. The minimum Gasteiger partial charge on any atom is -0.447 e. The molecule has 0 aromatic heterocycles. The van der Waals surface area contributed by atoms with E-state index in [2.05, 4.69) is 6.58 Å². The van der Waals surface area contributed by atoms with Crippen LogP contribution in [0, 0.1) is 0 Å². The average molecular weight is 410 g/mol. The van der Waals surface area contributed by atoms with E-state index in [4.69, 9.17) is 4.74 Å². The summed E-state index contributed by atoms with van der Waals surface area (Å²) in [7, 11) is -3.90. The van der Waals surface area contributed by atoms with Crippen LogP contribution in [0.2, 0.25) is 0 Å². The fraction of sp³-hybridized carbons (Fsp3) is 0.227. The Morgan fingerprint density at radius 3 is 2.31 bits per heavy atom. The molecule has 1 saturated heterocycles. The summed E-state index contributed by atoms with van der Waals surface area (Å²) in [4.78, 5) is 14.4. The van der Waals surface area contributed by atoms with Gasteiger partial charge in [0.25, 0.3) is 10.0 Å². The van der Waals surface area contributed by atoms with Crippen molar-refractivity contribution < 1.29 is 17.9 Å². The summed E-state index contributed by atoms with van der Waals surface area (Å²) in [5.74, 6) is 0. The van der Waals surface area contributed by atoms with Gasteiger partial charge in [-0.05, 0) is 36.6 Å². The Morgan fingerprint density at radius 1 is 1.03 bits per heavy atom. The van der Waals surface area contributed by atoms with Gasteiger partial charge >= 0.3 is 6.09 Å². The molecule has 2 heterocycles. The van der Waals surface area contributed by atoms with Crippen molar-refractivity contribution in [2.45, 2.75) is 30.4 Å². The van der Waals surface area contributed by atoms with Crippen molar-refractivity contribution in [1.29, 1.82) is 0 Å². The zero-order valence-corrected chi connectivity index (χ0v) is 16.9. The van der Waals surface area contributed by atoms with Crippen molar-refractivity contribution in [3.8, 4) is 0 Å². The molecule has 1 unspecified atom stereocenters. The van der Waals surface area contributed by atoms with Gasteiger partial charge in [0.1, 0.15) is 12.8 Å². The van der Waals surface area contributed by atoms with Crippen molar-refractivity contribution in [2.24, 2.45) is 0 Å². The summed E-state index contributed by atoms with van der Waals surface area (Å²) in [5.41, 5.74) is 2.37. The van der Waals surface area contributed by atoms with Gasteiger partial charge in [-0.25, -0.2) is 17.5 Å². The molecule has 1 amide bonds. The number of sulfonamides is 1. The molecule has 150 valence electrons. The molecule has 0 bridgehead atoms. The first-order valence-corrected chi connectivity index (χ1v) is 10.8. The highest BCUT2D eigenvalue weighted by Gasteiger charge is 2.46. The normalized spacial score (nSPS) is 22.4. The summed E-state index contributed by atoms with van der Waals surface area (Å²) < 4.78 is 33.5.